The molecule has 0 aliphatic carbocycles. The third-order valence-corrected chi connectivity index (χ3v) is 5.57. The molecule has 1 N–H and O–H groups in total. The van der Waals surface area contributed by atoms with Crippen LogP contribution in [0.4, 0.5) is 14.5 Å². The van der Waals surface area contributed by atoms with E-state index in [-0.39, 0.29) is 16.5 Å². The highest BCUT2D eigenvalue weighted by atomic mass is 32.2. The van der Waals surface area contributed by atoms with Crippen molar-refractivity contribution < 1.29 is 18.3 Å². The van der Waals surface area contributed by atoms with Gasteiger partial charge >= 0.3 is 0 Å². The lowest BCUT2D eigenvalue weighted by Gasteiger charge is -2.15. The van der Waals surface area contributed by atoms with E-state index >= 15 is 0 Å². The van der Waals surface area contributed by atoms with E-state index in [9.17, 15) is 18.4 Å². The van der Waals surface area contributed by atoms with Crippen LogP contribution in [0.2, 0.25) is 0 Å². The van der Waals surface area contributed by atoms with Gasteiger partial charge in [-0.05, 0) is 36.4 Å². The quantitative estimate of drug-likeness (QED) is 0.346. The molecule has 0 radical (unpaired) electrons. The molecule has 32 heavy (non-hydrogen) atoms. The Bertz CT molecular complexity index is 1350. The number of amides is 1. The van der Waals surface area contributed by atoms with Crippen molar-refractivity contribution in [1.29, 1.82) is 0 Å². The minimum absolute atomic E-state index is 0.228. The molecule has 1 amide bonds. The number of nitrogens with zero attached hydrogens (tertiary/aromatic N) is 2. The first-order valence-corrected chi connectivity index (χ1v) is 10.5. The first-order valence-electron chi connectivity index (χ1n) is 9.51. The lowest BCUT2D eigenvalue weighted by atomic mass is 10.2. The molecule has 0 fully saturated rings. The van der Waals surface area contributed by atoms with Crippen molar-refractivity contribution in [2.45, 2.75) is 5.16 Å². The van der Waals surface area contributed by atoms with Crippen LogP contribution in [0, 0.1) is 11.6 Å². The normalized spacial score (nSPS) is 10.8. The molecule has 0 aliphatic heterocycles. The van der Waals surface area contributed by atoms with Crippen LogP contribution in [-0.4, -0.2) is 28.3 Å². The first-order chi connectivity index (χ1) is 15.5. The van der Waals surface area contributed by atoms with Gasteiger partial charge in [-0.2, -0.15) is 0 Å². The van der Waals surface area contributed by atoms with Crippen molar-refractivity contribution >= 4 is 34.3 Å². The van der Waals surface area contributed by atoms with E-state index in [1.165, 1.54) is 17.7 Å². The number of aromatic nitrogens is 2. The number of thioether (sulfide) groups is 1. The van der Waals surface area contributed by atoms with Crippen molar-refractivity contribution in [1.82, 2.24) is 9.55 Å². The number of ether oxygens (including phenoxy) is 1. The van der Waals surface area contributed by atoms with Crippen molar-refractivity contribution in [3.8, 4) is 11.4 Å². The lowest BCUT2D eigenvalue weighted by molar-refractivity contribution is -0.113. The molecule has 0 spiro atoms. The summed E-state index contributed by atoms with van der Waals surface area (Å²) >= 11 is 0.969. The Balaban J connectivity index is 1.72. The number of methoxy groups -OCH3 is 1. The number of carbonyl (C=O) groups is 1. The van der Waals surface area contributed by atoms with Crippen molar-refractivity contribution in [3.05, 3.63) is 88.7 Å². The number of hydrogen-bond acceptors (Lipinski definition) is 5. The molecular weight excluding hydrogens is 436 g/mol. The summed E-state index contributed by atoms with van der Waals surface area (Å²) in [6.07, 6.45) is 0. The molecular formula is C23H17F2N3O3S. The summed E-state index contributed by atoms with van der Waals surface area (Å²) in [5.74, 6) is -2.18. The van der Waals surface area contributed by atoms with Gasteiger partial charge in [-0.1, -0.05) is 42.1 Å². The van der Waals surface area contributed by atoms with Gasteiger partial charge in [0.15, 0.2) is 5.16 Å². The number of fused-ring (bicyclic) bond motifs is 1. The van der Waals surface area contributed by atoms with Crippen molar-refractivity contribution in [3.63, 3.8) is 0 Å². The van der Waals surface area contributed by atoms with Gasteiger partial charge in [-0.25, -0.2) is 13.8 Å². The van der Waals surface area contributed by atoms with Crippen LogP contribution < -0.4 is 15.6 Å². The van der Waals surface area contributed by atoms with Crippen LogP contribution in [0.5, 0.6) is 5.75 Å². The summed E-state index contributed by atoms with van der Waals surface area (Å²) in [6, 6.07) is 17.1. The number of benzene rings is 3. The lowest BCUT2D eigenvalue weighted by Crippen LogP contribution is -2.23. The highest BCUT2D eigenvalue weighted by Gasteiger charge is 2.18. The van der Waals surface area contributed by atoms with Gasteiger partial charge < -0.3 is 10.1 Å². The van der Waals surface area contributed by atoms with E-state index in [0.717, 1.165) is 23.9 Å². The fourth-order valence-corrected chi connectivity index (χ4v) is 3.96. The third kappa shape index (κ3) is 4.19. The second kappa shape index (κ2) is 9.19. The third-order valence-electron chi connectivity index (χ3n) is 4.63. The maximum atomic E-state index is 13.8. The molecule has 4 rings (SSSR count). The van der Waals surface area contributed by atoms with E-state index < -0.39 is 23.2 Å². The second-order valence-corrected chi connectivity index (χ2v) is 7.60. The average molecular weight is 453 g/mol. The molecule has 0 unspecified atom stereocenters. The number of nitrogens with one attached hydrogen (secondary N) is 1. The summed E-state index contributed by atoms with van der Waals surface area (Å²) in [4.78, 5) is 30.2. The summed E-state index contributed by atoms with van der Waals surface area (Å²) in [6.45, 7) is 0. The Morgan fingerprint density at radius 1 is 1.03 bits per heavy atom. The molecule has 3 aromatic carbocycles. The number of anilines is 1. The number of carbonyl (C=O) groups excluding carboxylic acids is 1. The number of rotatable bonds is 6. The fraction of sp³-hybridized carbons (Fsp3) is 0.0870. The zero-order valence-electron chi connectivity index (χ0n) is 16.8. The minimum atomic E-state index is -0.877. The van der Waals surface area contributed by atoms with Crippen LogP contribution in [0.25, 0.3) is 16.6 Å². The van der Waals surface area contributed by atoms with Gasteiger partial charge in [0.2, 0.25) is 5.91 Å². The van der Waals surface area contributed by atoms with E-state index in [2.05, 4.69) is 10.3 Å². The minimum Gasteiger partial charge on any atom is -0.495 e. The van der Waals surface area contributed by atoms with E-state index in [0.29, 0.717) is 22.3 Å². The smallest absolute Gasteiger partial charge is 0.266 e. The van der Waals surface area contributed by atoms with Crippen molar-refractivity contribution in [2.24, 2.45) is 0 Å². The molecule has 1 heterocycles. The van der Waals surface area contributed by atoms with Crippen LogP contribution in [0.3, 0.4) is 0 Å². The summed E-state index contributed by atoms with van der Waals surface area (Å²) < 4.78 is 34.4. The topological polar surface area (TPSA) is 73.2 Å². The first kappa shape index (κ1) is 21.5. The standard InChI is InChI=1S/C23H17F2N3O3S/c1-31-19-12-5-4-11-18(19)28-22(30)14-7-2-3-10-17(14)26-23(28)32-13-20(29)27-21-15(24)8-6-9-16(21)25/h2-12H,13H2,1H3,(H,27,29). The second-order valence-electron chi connectivity index (χ2n) is 6.66. The van der Waals surface area contributed by atoms with Crippen LogP contribution >= 0.6 is 11.8 Å². The van der Waals surface area contributed by atoms with E-state index in [1.807, 2.05) is 0 Å². The van der Waals surface area contributed by atoms with Crippen LogP contribution in [0.1, 0.15) is 0 Å². The van der Waals surface area contributed by atoms with Crippen LogP contribution in [0.15, 0.2) is 76.7 Å². The Morgan fingerprint density at radius 3 is 2.47 bits per heavy atom. The Labute approximate surface area is 185 Å². The number of para-hydroxylation sites is 4. The summed E-state index contributed by atoms with van der Waals surface area (Å²) in [7, 11) is 1.49. The zero-order chi connectivity index (χ0) is 22.7. The number of hydrogen-bond donors (Lipinski definition) is 1. The molecule has 0 atom stereocenters. The van der Waals surface area contributed by atoms with Gasteiger partial charge in [0.25, 0.3) is 5.56 Å². The molecule has 0 bridgehead atoms. The molecule has 162 valence electrons. The van der Waals surface area contributed by atoms with Gasteiger partial charge in [0, 0.05) is 0 Å². The summed E-state index contributed by atoms with van der Waals surface area (Å²) in [5, 5.41) is 2.87. The predicted molar refractivity (Wildman–Crippen MR) is 120 cm³/mol. The van der Waals surface area contributed by atoms with Crippen molar-refractivity contribution in [2.75, 3.05) is 18.2 Å². The molecule has 9 heteroatoms. The fourth-order valence-electron chi connectivity index (χ4n) is 3.16. The molecule has 0 aliphatic rings. The van der Waals surface area contributed by atoms with Gasteiger partial charge in [-0.3, -0.25) is 14.2 Å². The molecule has 1 aromatic heterocycles. The molecule has 6 nitrogen and oxygen atoms in total. The predicted octanol–water partition coefficient (Wildman–Crippen LogP) is 4.40. The van der Waals surface area contributed by atoms with Gasteiger partial charge in [-0.15, -0.1) is 0 Å². The van der Waals surface area contributed by atoms with Crippen LogP contribution in [-0.2, 0) is 4.79 Å². The average Bonchev–Trinajstić information content (AvgIpc) is 2.80. The Morgan fingerprint density at radius 2 is 1.72 bits per heavy atom. The summed E-state index contributed by atoms with van der Waals surface area (Å²) in [5.41, 5.74) is 0.0721. The monoisotopic (exact) mass is 453 g/mol. The Hall–Kier alpha value is -3.72. The van der Waals surface area contributed by atoms with Gasteiger partial charge in [0.05, 0.1) is 29.5 Å². The molecule has 0 saturated carbocycles. The van der Waals surface area contributed by atoms with E-state index in [4.69, 9.17) is 4.74 Å². The molecule has 4 aromatic rings. The zero-order valence-corrected chi connectivity index (χ0v) is 17.7. The highest BCUT2D eigenvalue weighted by Crippen LogP contribution is 2.27. The SMILES string of the molecule is COc1ccccc1-n1c(SCC(=O)Nc2c(F)cccc2F)nc2ccccc2c1=O. The molecule has 0 saturated heterocycles. The van der Waals surface area contributed by atoms with Gasteiger partial charge in [0.1, 0.15) is 23.1 Å². The maximum absolute atomic E-state index is 13.8. The maximum Gasteiger partial charge on any atom is 0.266 e. The van der Waals surface area contributed by atoms with E-state index in [1.54, 1.807) is 48.5 Å². The highest BCUT2D eigenvalue weighted by molar-refractivity contribution is 7.99. The largest absolute Gasteiger partial charge is 0.495 e. The number of halogens is 2. The Kier molecular flexibility index (Phi) is 6.18.